The van der Waals surface area contributed by atoms with Gasteiger partial charge in [0.05, 0.1) is 0 Å². The fourth-order valence-electron chi connectivity index (χ4n) is 2.37. The van der Waals surface area contributed by atoms with Crippen LogP contribution in [0.25, 0.3) is 0 Å². The number of hydrogen-bond acceptors (Lipinski definition) is 4. The molecule has 0 unspecified atom stereocenters. The summed E-state index contributed by atoms with van der Waals surface area (Å²) < 4.78 is 0. The SMILES string of the molecule is Nc1ncc(CN2CCc3c(Cl)cccc3C2)s1. The number of fused-ring (bicyclic) bond motifs is 1. The lowest BCUT2D eigenvalue weighted by Crippen LogP contribution is -2.29. The van der Waals surface area contributed by atoms with Gasteiger partial charge < -0.3 is 5.73 Å². The zero-order valence-electron chi connectivity index (χ0n) is 9.90. The van der Waals surface area contributed by atoms with Crippen molar-refractivity contribution in [2.75, 3.05) is 12.3 Å². The summed E-state index contributed by atoms with van der Waals surface area (Å²) in [5, 5.41) is 1.54. The topological polar surface area (TPSA) is 42.1 Å². The van der Waals surface area contributed by atoms with Gasteiger partial charge in [-0.2, -0.15) is 0 Å². The number of rotatable bonds is 2. The van der Waals surface area contributed by atoms with Crippen molar-refractivity contribution in [3.05, 3.63) is 45.4 Å². The van der Waals surface area contributed by atoms with Crippen LogP contribution in [-0.4, -0.2) is 16.4 Å². The van der Waals surface area contributed by atoms with Gasteiger partial charge in [-0.3, -0.25) is 4.90 Å². The minimum absolute atomic E-state index is 0.644. The van der Waals surface area contributed by atoms with Crippen LogP contribution in [0.1, 0.15) is 16.0 Å². The van der Waals surface area contributed by atoms with Gasteiger partial charge in [-0.05, 0) is 23.6 Å². The number of nitrogen functional groups attached to an aromatic ring is 1. The third-order valence-corrected chi connectivity index (χ3v) is 4.40. The quantitative estimate of drug-likeness (QED) is 0.919. The number of benzene rings is 1. The van der Waals surface area contributed by atoms with Gasteiger partial charge in [0.1, 0.15) is 0 Å². The second-order valence-corrected chi connectivity index (χ2v) is 6.06. The lowest BCUT2D eigenvalue weighted by atomic mass is 10.00. The van der Waals surface area contributed by atoms with E-state index in [1.165, 1.54) is 16.0 Å². The maximum Gasteiger partial charge on any atom is 0.180 e. The Morgan fingerprint density at radius 3 is 3.11 bits per heavy atom. The van der Waals surface area contributed by atoms with E-state index in [-0.39, 0.29) is 0 Å². The molecular formula is C13H14ClN3S. The highest BCUT2D eigenvalue weighted by Crippen LogP contribution is 2.27. The third-order valence-electron chi connectivity index (χ3n) is 3.24. The molecule has 1 aliphatic heterocycles. The Morgan fingerprint density at radius 2 is 2.33 bits per heavy atom. The summed E-state index contributed by atoms with van der Waals surface area (Å²) >= 11 is 7.78. The Bertz CT molecular complexity index is 567. The average Bonchev–Trinajstić information content (AvgIpc) is 2.75. The highest BCUT2D eigenvalue weighted by Gasteiger charge is 2.18. The van der Waals surface area contributed by atoms with Crippen molar-refractivity contribution >= 4 is 28.1 Å². The van der Waals surface area contributed by atoms with Gasteiger partial charge in [-0.25, -0.2) is 4.98 Å². The first-order chi connectivity index (χ1) is 8.72. The number of hydrogen-bond donors (Lipinski definition) is 1. The van der Waals surface area contributed by atoms with Crippen LogP contribution in [0.5, 0.6) is 0 Å². The second-order valence-electron chi connectivity index (χ2n) is 4.50. The van der Waals surface area contributed by atoms with Crippen molar-refractivity contribution in [1.29, 1.82) is 0 Å². The molecule has 3 rings (SSSR count). The van der Waals surface area contributed by atoms with Crippen molar-refractivity contribution in [2.45, 2.75) is 19.5 Å². The summed E-state index contributed by atoms with van der Waals surface area (Å²) in [4.78, 5) is 7.72. The molecule has 1 aromatic carbocycles. The van der Waals surface area contributed by atoms with Gasteiger partial charge in [0, 0.05) is 35.7 Å². The van der Waals surface area contributed by atoms with E-state index in [4.69, 9.17) is 17.3 Å². The minimum Gasteiger partial charge on any atom is -0.375 e. The fraction of sp³-hybridized carbons (Fsp3) is 0.308. The second kappa shape index (κ2) is 4.88. The zero-order chi connectivity index (χ0) is 12.5. The van der Waals surface area contributed by atoms with Crippen molar-refractivity contribution in [3.8, 4) is 0 Å². The van der Waals surface area contributed by atoms with Crippen LogP contribution in [0.15, 0.2) is 24.4 Å². The number of thiazole rings is 1. The smallest absolute Gasteiger partial charge is 0.180 e. The molecule has 0 saturated heterocycles. The van der Waals surface area contributed by atoms with E-state index in [1.54, 1.807) is 11.3 Å². The molecule has 0 spiro atoms. The molecular weight excluding hydrogens is 266 g/mol. The molecule has 0 fully saturated rings. The zero-order valence-corrected chi connectivity index (χ0v) is 11.5. The Balaban J connectivity index is 1.75. The molecule has 2 aromatic rings. The van der Waals surface area contributed by atoms with Crippen LogP contribution < -0.4 is 5.73 Å². The predicted octanol–water partition coefficient (Wildman–Crippen LogP) is 2.94. The Morgan fingerprint density at radius 1 is 1.44 bits per heavy atom. The molecule has 2 N–H and O–H groups in total. The molecule has 1 aromatic heterocycles. The van der Waals surface area contributed by atoms with Crippen LogP contribution in [0, 0.1) is 0 Å². The minimum atomic E-state index is 0.644. The van der Waals surface area contributed by atoms with Crippen molar-refractivity contribution in [1.82, 2.24) is 9.88 Å². The lowest BCUT2D eigenvalue weighted by molar-refractivity contribution is 0.247. The highest BCUT2D eigenvalue weighted by molar-refractivity contribution is 7.15. The molecule has 3 nitrogen and oxygen atoms in total. The highest BCUT2D eigenvalue weighted by atomic mass is 35.5. The molecule has 0 amide bonds. The third kappa shape index (κ3) is 2.36. The first-order valence-corrected chi connectivity index (χ1v) is 7.10. The Kier molecular flexibility index (Phi) is 3.24. The van der Waals surface area contributed by atoms with Crippen LogP contribution >= 0.6 is 22.9 Å². The van der Waals surface area contributed by atoms with E-state index in [0.717, 1.165) is 31.1 Å². The number of anilines is 1. The van der Waals surface area contributed by atoms with Crippen molar-refractivity contribution in [2.24, 2.45) is 0 Å². The van der Waals surface area contributed by atoms with Crippen molar-refractivity contribution < 1.29 is 0 Å². The fourth-order valence-corrected chi connectivity index (χ4v) is 3.39. The van der Waals surface area contributed by atoms with Gasteiger partial charge in [0.15, 0.2) is 5.13 Å². The van der Waals surface area contributed by atoms with Gasteiger partial charge in [-0.1, -0.05) is 23.7 Å². The summed E-state index contributed by atoms with van der Waals surface area (Å²) in [5.41, 5.74) is 8.30. The molecule has 0 bridgehead atoms. The van der Waals surface area contributed by atoms with E-state index in [9.17, 15) is 0 Å². The molecule has 2 heterocycles. The molecule has 5 heteroatoms. The molecule has 0 radical (unpaired) electrons. The number of nitrogens with two attached hydrogens (primary N) is 1. The average molecular weight is 280 g/mol. The molecule has 1 aliphatic rings. The number of aromatic nitrogens is 1. The van der Waals surface area contributed by atoms with E-state index < -0.39 is 0 Å². The Hall–Kier alpha value is -1.10. The standard InChI is InChI=1S/C13H14ClN3S/c14-12-3-1-2-9-7-17(5-4-11(9)12)8-10-6-16-13(15)18-10/h1-3,6H,4-5,7-8H2,(H2,15,16). The van der Waals surface area contributed by atoms with Crippen LogP contribution in [0.3, 0.4) is 0 Å². The largest absolute Gasteiger partial charge is 0.375 e. The predicted molar refractivity (Wildman–Crippen MR) is 75.8 cm³/mol. The molecule has 18 heavy (non-hydrogen) atoms. The molecule has 0 aliphatic carbocycles. The van der Waals surface area contributed by atoms with Gasteiger partial charge in [-0.15, -0.1) is 11.3 Å². The Labute approximate surface area is 115 Å². The maximum absolute atomic E-state index is 6.21. The summed E-state index contributed by atoms with van der Waals surface area (Å²) in [6.07, 6.45) is 2.89. The van der Waals surface area contributed by atoms with Gasteiger partial charge in [0.25, 0.3) is 0 Å². The van der Waals surface area contributed by atoms with Gasteiger partial charge >= 0.3 is 0 Å². The summed E-state index contributed by atoms with van der Waals surface area (Å²) in [6.45, 7) is 2.91. The maximum atomic E-state index is 6.21. The number of nitrogens with zero attached hydrogens (tertiary/aromatic N) is 2. The summed E-state index contributed by atoms with van der Waals surface area (Å²) in [5.74, 6) is 0. The molecule has 0 saturated carbocycles. The van der Waals surface area contributed by atoms with Crippen LogP contribution in [-0.2, 0) is 19.5 Å². The van der Waals surface area contributed by atoms with E-state index >= 15 is 0 Å². The summed E-state index contributed by atoms with van der Waals surface area (Å²) in [6, 6.07) is 6.16. The van der Waals surface area contributed by atoms with Crippen LogP contribution in [0.4, 0.5) is 5.13 Å². The van der Waals surface area contributed by atoms with E-state index in [0.29, 0.717) is 5.13 Å². The number of halogens is 1. The first-order valence-electron chi connectivity index (χ1n) is 5.91. The molecule has 0 atom stereocenters. The normalized spacial score (nSPS) is 15.6. The monoisotopic (exact) mass is 279 g/mol. The lowest BCUT2D eigenvalue weighted by Gasteiger charge is -2.28. The summed E-state index contributed by atoms with van der Waals surface area (Å²) in [7, 11) is 0. The molecule has 94 valence electrons. The van der Waals surface area contributed by atoms with Crippen LogP contribution in [0.2, 0.25) is 5.02 Å². The van der Waals surface area contributed by atoms with Gasteiger partial charge in [0.2, 0.25) is 0 Å². The van der Waals surface area contributed by atoms with E-state index in [1.807, 2.05) is 18.3 Å². The van der Waals surface area contributed by atoms with E-state index in [2.05, 4.69) is 16.0 Å². The first kappa shape index (κ1) is 12.0. The van der Waals surface area contributed by atoms with Crippen molar-refractivity contribution in [3.63, 3.8) is 0 Å².